The molecule has 1 unspecified atom stereocenters. The summed E-state index contributed by atoms with van der Waals surface area (Å²) in [5.74, 6) is 0.0283. The van der Waals surface area contributed by atoms with Crippen LogP contribution in [0, 0.1) is 0 Å². The predicted molar refractivity (Wildman–Crippen MR) is 93.5 cm³/mol. The van der Waals surface area contributed by atoms with Crippen molar-refractivity contribution in [1.82, 2.24) is 14.9 Å². The number of nitrogens with zero attached hydrogens (tertiary/aromatic N) is 3. The van der Waals surface area contributed by atoms with Crippen molar-refractivity contribution in [2.75, 3.05) is 19.3 Å². The number of aliphatic hydroxyl groups is 1. The van der Waals surface area contributed by atoms with E-state index in [9.17, 15) is 9.90 Å². The number of rotatable bonds is 6. The van der Waals surface area contributed by atoms with Crippen LogP contribution in [0.3, 0.4) is 0 Å². The standard InChI is InChI=1S/C18H24N4O2/c1-12(2)14-11-15(21-18(19)20-14)17(24)22(3)10-9-16(23)13-7-5-4-6-8-13/h4-8,11-12,16,23H,9-10H2,1-3H3,(H2,19,20,21). The third kappa shape index (κ3) is 4.52. The molecular formula is C18H24N4O2. The van der Waals surface area contributed by atoms with Crippen LogP contribution in [-0.4, -0.2) is 39.5 Å². The number of nitrogens with two attached hydrogens (primary N) is 1. The Morgan fingerprint density at radius 3 is 2.54 bits per heavy atom. The van der Waals surface area contributed by atoms with Crippen molar-refractivity contribution in [3.8, 4) is 0 Å². The highest BCUT2D eigenvalue weighted by atomic mass is 16.3. The summed E-state index contributed by atoms with van der Waals surface area (Å²) < 4.78 is 0. The van der Waals surface area contributed by atoms with Crippen LogP contribution in [0.2, 0.25) is 0 Å². The van der Waals surface area contributed by atoms with E-state index in [0.29, 0.717) is 13.0 Å². The second-order valence-corrected chi connectivity index (χ2v) is 6.13. The van der Waals surface area contributed by atoms with Gasteiger partial charge in [0.1, 0.15) is 5.69 Å². The highest BCUT2D eigenvalue weighted by Crippen LogP contribution is 2.18. The molecule has 128 valence electrons. The SMILES string of the molecule is CC(C)c1cc(C(=O)N(C)CCC(O)c2ccccc2)nc(N)n1. The summed E-state index contributed by atoms with van der Waals surface area (Å²) in [6.07, 6.45) is -0.160. The molecule has 2 aromatic rings. The van der Waals surface area contributed by atoms with Crippen LogP contribution >= 0.6 is 0 Å². The zero-order valence-electron chi connectivity index (χ0n) is 14.3. The summed E-state index contributed by atoms with van der Waals surface area (Å²) in [4.78, 5) is 22.2. The maximum atomic E-state index is 12.5. The lowest BCUT2D eigenvalue weighted by Gasteiger charge is -2.19. The first-order valence-corrected chi connectivity index (χ1v) is 8.01. The number of anilines is 1. The minimum atomic E-state index is -0.608. The van der Waals surface area contributed by atoms with Crippen LogP contribution in [0.4, 0.5) is 5.95 Å². The molecule has 0 fully saturated rings. The van der Waals surface area contributed by atoms with Gasteiger partial charge in [0, 0.05) is 19.3 Å². The molecule has 24 heavy (non-hydrogen) atoms. The second-order valence-electron chi connectivity index (χ2n) is 6.13. The van der Waals surface area contributed by atoms with Gasteiger partial charge >= 0.3 is 0 Å². The van der Waals surface area contributed by atoms with Gasteiger partial charge in [-0.1, -0.05) is 44.2 Å². The Kier molecular flexibility index (Phi) is 5.87. The van der Waals surface area contributed by atoms with Crippen LogP contribution in [0.1, 0.15) is 54.0 Å². The van der Waals surface area contributed by atoms with E-state index in [-0.39, 0.29) is 23.5 Å². The molecule has 0 aliphatic heterocycles. The zero-order valence-corrected chi connectivity index (χ0v) is 14.3. The van der Waals surface area contributed by atoms with Crippen molar-refractivity contribution < 1.29 is 9.90 Å². The number of hydrogen-bond donors (Lipinski definition) is 2. The number of carbonyl (C=O) groups excluding carboxylic acids is 1. The Hall–Kier alpha value is -2.47. The summed E-state index contributed by atoms with van der Waals surface area (Å²) in [5, 5.41) is 10.2. The molecule has 0 spiro atoms. The summed E-state index contributed by atoms with van der Waals surface area (Å²) in [6, 6.07) is 11.1. The molecule has 1 aromatic carbocycles. The first-order chi connectivity index (χ1) is 11.4. The molecule has 0 saturated heterocycles. The quantitative estimate of drug-likeness (QED) is 0.849. The molecule has 6 nitrogen and oxygen atoms in total. The Balaban J connectivity index is 2.02. The van der Waals surface area contributed by atoms with Gasteiger partial charge in [0.2, 0.25) is 5.95 Å². The van der Waals surface area contributed by atoms with Crippen LogP contribution in [0.5, 0.6) is 0 Å². The predicted octanol–water partition coefficient (Wildman–Crippen LogP) is 2.38. The largest absolute Gasteiger partial charge is 0.388 e. The van der Waals surface area contributed by atoms with Crippen LogP contribution in [0.25, 0.3) is 0 Å². The Labute approximate surface area is 142 Å². The van der Waals surface area contributed by atoms with Crippen molar-refractivity contribution >= 4 is 11.9 Å². The van der Waals surface area contributed by atoms with Crippen molar-refractivity contribution in [1.29, 1.82) is 0 Å². The van der Waals surface area contributed by atoms with Crippen molar-refractivity contribution in [2.45, 2.75) is 32.3 Å². The van der Waals surface area contributed by atoms with E-state index < -0.39 is 6.10 Å². The van der Waals surface area contributed by atoms with E-state index in [1.54, 1.807) is 13.1 Å². The van der Waals surface area contributed by atoms with Crippen LogP contribution in [-0.2, 0) is 0 Å². The van der Waals surface area contributed by atoms with Crippen molar-refractivity contribution in [3.05, 3.63) is 53.3 Å². The molecule has 0 saturated carbocycles. The maximum absolute atomic E-state index is 12.5. The first-order valence-electron chi connectivity index (χ1n) is 8.01. The fraction of sp³-hybridized carbons (Fsp3) is 0.389. The van der Waals surface area contributed by atoms with Gasteiger partial charge in [-0.3, -0.25) is 4.79 Å². The van der Waals surface area contributed by atoms with Gasteiger partial charge in [-0.15, -0.1) is 0 Å². The van der Waals surface area contributed by atoms with Crippen molar-refractivity contribution in [2.24, 2.45) is 0 Å². The maximum Gasteiger partial charge on any atom is 0.272 e. The second kappa shape index (κ2) is 7.88. The summed E-state index contributed by atoms with van der Waals surface area (Å²) in [7, 11) is 1.69. The minimum absolute atomic E-state index is 0.0993. The van der Waals surface area contributed by atoms with E-state index in [4.69, 9.17) is 5.73 Å². The van der Waals surface area contributed by atoms with Crippen LogP contribution in [0.15, 0.2) is 36.4 Å². The number of nitrogen functional groups attached to an aromatic ring is 1. The summed E-state index contributed by atoms with van der Waals surface area (Å²) in [6.45, 7) is 4.38. The highest BCUT2D eigenvalue weighted by Gasteiger charge is 2.18. The molecule has 1 heterocycles. The van der Waals surface area contributed by atoms with E-state index in [1.165, 1.54) is 4.90 Å². The molecule has 0 bridgehead atoms. The van der Waals surface area contributed by atoms with E-state index in [2.05, 4.69) is 9.97 Å². The van der Waals surface area contributed by atoms with E-state index in [1.807, 2.05) is 44.2 Å². The van der Waals surface area contributed by atoms with E-state index in [0.717, 1.165) is 11.3 Å². The molecule has 3 N–H and O–H groups in total. The summed E-state index contributed by atoms with van der Waals surface area (Å²) in [5.41, 5.74) is 7.56. The fourth-order valence-electron chi connectivity index (χ4n) is 2.35. The molecule has 2 rings (SSSR count). The third-order valence-corrected chi connectivity index (χ3v) is 3.84. The average Bonchev–Trinajstić information content (AvgIpc) is 2.58. The van der Waals surface area contributed by atoms with Gasteiger partial charge in [0.15, 0.2) is 0 Å². The molecular weight excluding hydrogens is 304 g/mol. The fourth-order valence-corrected chi connectivity index (χ4v) is 2.35. The molecule has 1 aromatic heterocycles. The highest BCUT2D eigenvalue weighted by molar-refractivity contribution is 5.92. The van der Waals surface area contributed by atoms with Gasteiger partial charge in [-0.05, 0) is 24.0 Å². The van der Waals surface area contributed by atoms with Gasteiger partial charge < -0.3 is 15.7 Å². The number of carbonyl (C=O) groups is 1. The molecule has 6 heteroatoms. The Morgan fingerprint density at radius 1 is 1.25 bits per heavy atom. The molecule has 0 aliphatic carbocycles. The lowest BCUT2D eigenvalue weighted by Crippen LogP contribution is -2.30. The molecule has 1 amide bonds. The Bertz CT molecular complexity index is 689. The van der Waals surface area contributed by atoms with Gasteiger partial charge in [0.25, 0.3) is 5.91 Å². The number of aromatic nitrogens is 2. The van der Waals surface area contributed by atoms with E-state index >= 15 is 0 Å². The van der Waals surface area contributed by atoms with Gasteiger partial charge in [-0.2, -0.15) is 0 Å². The first kappa shape index (κ1) is 17.9. The van der Waals surface area contributed by atoms with Crippen LogP contribution < -0.4 is 5.73 Å². The molecule has 1 atom stereocenters. The minimum Gasteiger partial charge on any atom is -0.388 e. The van der Waals surface area contributed by atoms with Gasteiger partial charge in [0.05, 0.1) is 6.10 Å². The zero-order chi connectivity index (χ0) is 17.7. The summed E-state index contributed by atoms with van der Waals surface area (Å²) >= 11 is 0. The number of benzene rings is 1. The third-order valence-electron chi connectivity index (χ3n) is 3.84. The topological polar surface area (TPSA) is 92.3 Å². The number of aliphatic hydroxyl groups excluding tert-OH is 1. The average molecular weight is 328 g/mol. The monoisotopic (exact) mass is 328 g/mol. The molecule has 0 radical (unpaired) electrons. The smallest absolute Gasteiger partial charge is 0.272 e. The number of hydrogen-bond acceptors (Lipinski definition) is 5. The van der Waals surface area contributed by atoms with Crippen molar-refractivity contribution in [3.63, 3.8) is 0 Å². The Morgan fingerprint density at radius 2 is 1.92 bits per heavy atom. The lowest BCUT2D eigenvalue weighted by molar-refractivity contribution is 0.0755. The van der Waals surface area contributed by atoms with Gasteiger partial charge in [-0.25, -0.2) is 9.97 Å². The lowest BCUT2D eigenvalue weighted by atomic mass is 10.1. The normalized spacial score (nSPS) is 12.2. The molecule has 0 aliphatic rings. The number of amides is 1.